The van der Waals surface area contributed by atoms with Gasteiger partial charge in [-0.2, -0.15) is 0 Å². The molecule has 1 amide bonds. The maximum absolute atomic E-state index is 12.7. The summed E-state index contributed by atoms with van der Waals surface area (Å²) in [6.07, 6.45) is 9.15. The Kier molecular flexibility index (Phi) is 6.10. The Balaban J connectivity index is 1.34. The highest BCUT2D eigenvalue weighted by Gasteiger charge is 2.37. The summed E-state index contributed by atoms with van der Waals surface area (Å²) in [5.41, 5.74) is 2.46. The topological polar surface area (TPSA) is 48.0 Å². The Morgan fingerprint density at radius 3 is 2.70 bits per heavy atom. The van der Waals surface area contributed by atoms with Gasteiger partial charge in [-0.05, 0) is 44.1 Å². The fourth-order valence-corrected chi connectivity index (χ4v) is 4.39. The van der Waals surface area contributed by atoms with Gasteiger partial charge >= 0.3 is 6.09 Å². The molecule has 2 bridgehead atoms. The van der Waals surface area contributed by atoms with Gasteiger partial charge in [0.1, 0.15) is 6.61 Å². The lowest BCUT2D eigenvalue weighted by molar-refractivity contribution is -0.180. The zero-order chi connectivity index (χ0) is 18.5. The lowest BCUT2D eigenvalue weighted by atomic mass is 9.84. The first-order chi connectivity index (χ1) is 13.3. The molecule has 2 unspecified atom stereocenters. The van der Waals surface area contributed by atoms with E-state index in [1.807, 2.05) is 35.2 Å². The first-order valence-electron chi connectivity index (χ1n) is 10.2. The van der Waals surface area contributed by atoms with Gasteiger partial charge in [0.25, 0.3) is 0 Å². The molecule has 2 saturated heterocycles. The second-order valence-electron chi connectivity index (χ2n) is 7.69. The molecule has 2 fully saturated rings. The van der Waals surface area contributed by atoms with Crippen LogP contribution in [0.5, 0.6) is 0 Å². The average Bonchev–Trinajstić information content (AvgIpc) is 2.71. The van der Waals surface area contributed by atoms with Crippen molar-refractivity contribution in [1.82, 2.24) is 4.90 Å². The number of amides is 1. The highest BCUT2D eigenvalue weighted by Crippen LogP contribution is 2.35. The zero-order valence-electron chi connectivity index (χ0n) is 15.8. The minimum absolute atomic E-state index is 0.0617. The van der Waals surface area contributed by atoms with Crippen LogP contribution >= 0.6 is 0 Å². The third-order valence-electron chi connectivity index (χ3n) is 5.73. The number of fused-ring (bicyclic) bond motifs is 2. The second-order valence-corrected chi connectivity index (χ2v) is 7.69. The number of rotatable bonds is 5. The summed E-state index contributed by atoms with van der Waals surface area (Å²) in [6.45, 7) is 1.94. The van der Waals surface area contributed by atoms with Gasteiger partial charge in [0.05, 0.1) is 19.3 Å². The number of ether oxygens (including phenoxy) is 3. The molecule has 27 heavy (non-hydrogen) atoms. The van der Waals surface area contributed by atoms with E-state index in [1.54, 1.807) is 0 Å². The van der Waals surface area contributed by atoms with Crippen LogP contribution in [0.25, 0.3) is 0 Å². The molecule has 3 heterocycles. The van der Waals surface area contributed by atoms with Crippen LogP contribution in [0.1, 0.15) is 50.5 Å². The van der Waals surface area contributed by atoms with Gasteiger partial charge in [-0.15, -0.1) is 0 Å². The molecule has 3 aliphatic heterocycles. The van der Waals surface area contributed by atoms with Crippen molar-refractivity contribution in [3.05, 3.63) is 47.5 Å². The van der Waals surface area contributed by atoms with Crippen LogP contribution in [0.2, 0.25) is 0 Å². The zero-order valence-corrected chi connectivity index (χ0v) is 15.8. The highest BCUT2D eigenvalue weighted by atomic mass is 16.7. The van der Waals surface area contributed by atoms with Gasteiger partial charge in [0.2, 0.25) is 0 Å². The normalized spacial score (nSPS) is 25.8. The molecule has 1 aromatic rings. The van der Waals surface area contributed by atoms with E-state index in [-0.39, 0.29) is 24.5 Å². The number of nitrogens with zero attached hydrogens (tertiary/aromatic N) is 1. The molecule has 1 aromatic carbocycles. The molecule has 0 aliphatic carbocycles. The van der Waals surface area contributed by atoms with Gasteiger partial charge in [0, 0.05) is 12.5 Å². The largest absolute Gasteiger partial charge is 0.445 e. The fraction of sp³-hybridized carbons (Fsp3) is 0.591. The predicted molar refractivity (Wildman–Crippen MR) is 102 cm³/mol. The van der Waals surface area contributed by atoms with Gasteiger partial charge in [-0.25, -0.2) is 4.79 Å². The molecular weight excluding hydrogens is 342 g/mol. The fourth-order valence-electron chi connectivity index (χ4n) is 4.39. The van der Waals surface area contributed by atoms with Crippen LogP contribution in [-0.2, 0) is 20.8 Å². The third kappa shape index (κ3) is 4.71. The summed E-state index contributed by atoms with van der Waals surface area (Å²) in [4.78, 5) is 14.7. The van der Waals surface area contributed by atoms with Crippen molar-refractivity contribution in [2.24, 2.45) is 0 Å². The molecule has 3 aliphatic rings. The summed E-state index contributed by atoms with van der Waals surface area (Å²) < 4.78 is 16.9. The number of benzene rings is 1. The third-order valence-corrected chi connectivity index (χ3v) is 5.73. The standard InChI is InChI=1S/C22H29NO4/c24-22(27-16-17-6-2-1-3-7-17)23-19-8-4-9-20(23)15-18(14-19)10-11-21-25-12-5-13-26-21/h1-3,6-7,14,19-21H,4-5,8-13,15-16H2. The highest BCUT2D eigenvalue weighted by molar-refractivity contribution is 5.69. The van der Waals surface area contributed by atoms with Crippen molar-refractivity contribution in [2.45, 2.75) is 69.9 Å². The molecule has 0 saturated carbocycles. The van der Waals surface area contributed by atoms with Crippen molar-refractivity contribution < 1.29 is 19.0 Å². The maximum Gasteiger partial charge on any atom is 0.410 e. The summed E-state index contributed by atoms with van der Waals surface area (Å²) in [7, 11) is 0. The Morgan fingerprint density at radius 2 is 1.93 bits per heavy atom. The Labute approximate surface area is 161 Å². The van der Waals surface area contributed by atoms with E-state index in [2.05, 4.69) is 6.08 Å². The predicted octanol–water partition coefficient (Wildman–Crippen LogP) is 4.42. The number of carbonyl (C=O) groups is 1. The lowest BCUT2D eigenvalue weighted by Crippen LogP contribution is -2.51. The van der Waals surface area contributed by atoms with Crippen LogP contribution in [0.4, 0.5) is 4.79 Å². The smallest absolute Gasteiger partial charge is 0.410 e. The molecular formula is C22H29NO4. The van der Waals surface area contributed by atoms with E-state index in [9.17, 15) is 4.79 Å². The number of piperidine rings is 1. The van der Waals surface area contributed by atoms with E-state index in [4.69, 9.17) is 14.2 Å². The number of hydrogen-bond acceptors (Lipinski definition) is 4. The van der Waals surface area contributed by atoms with Crippen LogP contribution in [0, 0.1) is 0 Å². The molecule has 2 atom stereocenters. The van der Waals surface area contributed by atoms with Crippen molar-refractivity contribution >= 4 is 6.09 Å². The van der Waals surface area contributed by atoms with E-state index in [1.165, 1.54) is 12.0 Å². The van der Waals surface area contributed by atoms with Crippen LogP contribution in [0.15, 0.2) is 42.0 Å². The van der Waals surface area contributed by atoms with Crippen LogP contribution in [-0.4, -0.2) is 42.6 Å². The molecule has 0 radical (unpaired) electrons. The Morgan fingerprint density at radius 1 is 1.11 bits per heavy atom. The summed E-state index contributed by atoms with van der Waals surface area (Å²) in [5.74, 6) is 0. The van der Waals surface area contributed by atoms with Gasteiger partial charge < -0.3 is 14.2 Å². The first kappa shape index (κ1) is 18.5. The molecule has 0 aromatic heterocycles. The van der Waals surface area contributed by atoms with E-state index in [0.717, 1.165) is 57.3 Å². The molecule has 4 rings (SSSR count). The quantitative estimate of drug-likeness (QED) is 0.719. The van der Waals surface area contributed by atoms with Gasteiger partial charge in [0.15, 0.2) is 6.29 Å². The number of hydrogen-bond donors (Lipinski definition) is 0. The summed E-state index contributed by atoms with van der Waals surface area (Å²) in [6, 6.07) is 10.3. The summed E-state index contributed by atoms with van der Waals surface area (Å²) >= 11 is 0. The average molecular weight is 371 g/mol. The summed E-state index contributed by atoms with van der Waals surface area (Å²) in [5, 5.41) is 0. The minimum Gasteiger partial charge on any atom is -0.445 e. The molecule has 5 nitrogen and oxygen atoms in total. The van der Waals surface area contributed by atoms with Crippen molar-refractivity contribution in [3.8, 4) is 0 Å². The van der Waals surface area contributed by atoms with E-state index < -0.39 is 0 Å². The Hall–Kier alpha value is -1.85. The molecule has 146 valence electrons. The molecule has 5 heteroatoms. The number of carbonyl (C=O) groups excluding carboxylic acids is 1. The van der Waals surface area contributed by atoms with Crippen LogP contribution < -0.4 is 0 Å². The van der Waals surface area contributed by atoms with Crippen molar-refractivity contribution in [2.75, 3.05) is 13.2 Å². The molecule has 0 spiro atoms. The van der Waals surface area contributed by atoms with Gasteiger partial charge in [-0.1, -0.05) is 42.0 Å². The monoisotopic (exact) mass is 371 g/mol. The Bertz CT molecular complexity index is 654. The SMILES string of the molecule is O=C(OCc1ccccc1)N1C2C=C(CCC3OCCCO3)CC1CCC2. The van der Waals surface area contributed by atoms with Crippen molar-refractivity contribution in [1.29, 1.82) is 0 Å². The van der Waals surface area contributed by atoms with Crippen LogP contribution in [0.3, 0.4) is 0 Å². The minimum atomic E-state index is -0.178. The van der Waals surface area contributed by atoms with E-state index >= 15 is 0 Å². The second kappa shape index (κ2) is 8.89. The van der Waals surface area contributed by atoms with E-state index in [0.29, 0.717) is 6.61 Å². The van der Waals surface area contributed by atoms with Gasteiger partial charge in [-0.3, -0.25) is 4.90 Å². The first-order valence-corrected chi connectivity index (χ1v) is 10.2. The lowest BCUT2D eigenvalue weighted by Gasteiger charge is -2.44. The maximum atomic E-state index is 12.7. The van der Waals surface area contributed by atoms with Crippen molar-refractivity contribution in [3.63, 3.8) is 0 Å². The molecule has 0 N–H and O–H groups in total.